The maximum Gasteiger partial charge on any atom is 0.256 e. The van der Waals surface area contributed by atoms with Crippen LogP contribution in [0.1, 0.15) is 23.6 Å². The fourth-order valence-corrected chi connectivity index (χ4v) is 2.87. The zero-order chi connectivity index (χ0) is 12.7. The van der Waals surface area contributed by atoms with Crippen molar-refractivity contribution in [3.05, 3.63) is 45.9 Å². The van der Waals surface area contributed by atoms with Gasteiger partial charge in [-0.1, -0.05) is 12.1 Å². The molecule has 2 heterocycles. The number of aromatic amines is 1. The van der Waals surface area contributed by atoms with Crippen LogP contribution in [0.25, 0.3) is 10.8 Å². The fraction of sp³-hybridized carbons (Fsp3) is 0.400. The number of aryl methyl sites for hydroxylation is 1. The molecule has 0 amide bonds. The zero-order valence-electron chi connectivity index (χ0n) is 10.9. The SMILES string of the molecule is Cc1cccc2c(=O)[nH]c(C3CCN(C)C3)cc12. The smallest absolute Gasteiger partial charge is 0.256 e. The van der Waals surface area contributed by atoms with Gasteiger partial charge < -0.3 is 9.88 Å². The molecule has 1 unspecified atom stereocenters. The van der Waals surface area contributed by atoms with Crippen molar-refractivity contribution in [1.29, 1.82) is 0 Å². The third kappa shape index (κ3) is 1.85. The number of rotatable bonds is 1. The Balaban J connectivity index is 2.15. The van der Waals surface area contributed by atoms with Gasteiger partial charge in [-0.2, -0.15) is 0 Å². The summed E-state index contributed by atoms with van der Waals surface area (Å²) in [5.74, 6) is 0.465. The molecule has 0 bridgehead atoms. The lowest BCUT2D eigenvalue weighted by atomic mass is 10.00. The second-order valence-corrected chi connectivity index (χ2v) is 5.34. The number of likely N-dealkylation sites (N-methyl/N-ethyl adjacent to an activating group) is 1. The predicted octanol–water partition coefficient (Wildman–Crippen LogP) is 2.26. The van der Waals surface area contributed by atoms with Crippen LogP contribution in [-0.2, 0) is 0 Å². The van der Waals surface area contributed by atoms with E-state index in [1.807, 2.05) is 12.1 Å². The lowest BCUT2D eigenvalue weighted by Gasteiger charge is -2.12. The van der Waals surface area contributed by atoms with E-state index in [-0.39, 0.29) is 5.56 Å². The van der Waals surface area contributed by atoms with Crippen molar-refractivity contribution in [2.75, 3.05) is 20.1 Å². The highest BCUT2D eigenvalue weighted by Gasteiger charge is 2.22. The van der Waals surface area contributed by atoms with Crippen LogP contribution >= 0.6 is 0 Å². The minimum absolute atomic E-state index is 0.0424. The standard InChI is InChI=1S/C15H18N2O/c1-10-4-3-5-12-13(10)8-14(16-15(12)18)11-6-7-17(2)9-11/h3-5,8,11H,6-7,9H2,1-2H3,(H,16,18). The lowest BCUT2D eigenvalue weighted by Crippen LogP contribution is -2.16. The Morgan fingerprint density at radius 2 is 2.17 bits per heavy atom. The average Bonchev–Trinajstić information content (AvgIpc) is 2.77. The molecule has 3 heteroatoms. The van der Waals surface area contributed by atoms with Gasteiger partial charge in [-0.3, -0.25) is 4.79 Å². The molecule has 1 saturated heterocycles. The Morgan fingerprint density at radius 1 is 1.33 bits per heavy atom. The van der Waals surface area contributed by atoms with Gasteiger partial charge in [0.1, 0.15) is 0 Å². The quantitative estimate of drug-likeness (QED) is 0.832. The monoisotopic (exact) mass is 242 g/mol. The summed E-state index contributed by atoms with van der Waals surface area (Å²) in [5, 5.41) is 1.89. The highest BCUT2D eigenvalue weighted by atomic mass is 16.1. The second-order valence-electron chi connectivity index (χ2n) is 5.34. The lowest BCUT2D eigenvalue weighted by molar-refractivity contribution is 0.410. The molecule has 94 valence electrons. The van der Waals surface area contributed by atoms with E-state index in [1.54, 1.807) is 0 Å². The van der Waals surface area contributed by atoms with Crippen LogP contribution in [0.5, 0.6) is 0 Å². The van der Waals surface area contributed by atoms with E-state index in [0.717, 1.165) is 36.0 Å². The van der Waals surface area contributed by atoms with Gasteiger partial charge in [0.2, 0.25) is 0 Å². The van der Waals surface area contributed by atoms with Gasteiger partial charge in [-0.15, -0.1) is 0 Å². The molecule has 1 aromatic heterocycles. The summed E-state index contributed by atoms with van der Waals surface area (Å²) in [7, 11) is 2.13. The number of pyridine rings is 1. The Kier molecular flexibility index (Phi) is 2.71. The van der Waals surface area contributed by atoms with E-state index in [2.05, 4.69) is 36.0 Å². The first-order chi connectivity index (χ1) is 8.65. The van der Waals surface area contributed by atoms with Gasteiger partial charge in [-0.05, 0) is 50.0 Å². The molecule has 18 heavy (non-hydrogen) atoms. The molecule has 3 rings (SSSR count). The first-order valence-corrected chi connectivity index (χ1v) is 6.46. The number of nitrogens with zero attached hydrogens (tertiary/aromatic N) is 1. The first-order valence-electron chi connectivity index (χ1n) is 6.46. The Hall–Kier alpha value is -1.61. The van der Waals surface area contributed by atoms with E-state index in [9.17, 15) is 4.79 Å². The Morgan fingerprint density at radius 3 is 2.89 bits per heavy atom. The number of likely N-dealkylation sites (tertiary alicyclic amines) is 1. The largest absolute Gasteiger partial charge is 0.325 e. The summed E-state index contributed by atoms with van der Waals surface area (Å²) in [5.41, 5.74) is 2.30. The van der Waals surface area contributed by atoms with Crippen molar-refractivity contribution < 1.29 is 0 Å². The molecular formula is C15H18N2O. The van der Waals surface area contributed by atoms with Crippen LogP contribution in [0, 0.1) is 6.92 Å². The van der Waals surface area contributed by atoms with Gasteiger partial charge >= 0.3 is 0 Å². The summed E-state index contributed by atoms with van der Waals surface area (Å²) in [4.78, 5) is 17.5. The third-order valence-electron chi connectivity index (χ3n) is 3.96. The fourth-order valence-electron chi connectivity index (χ4n) is 2.87. The number of hydrogen-bond donors (Lipinski definition) is 1. The van der Waals surface area contributed by atoms with E-state index >= 15 is 0 Å². The molecular weight excluding hydrogens is 224 g/mol. The molecule has 0 aliphatic carbocycles. The number of nitrogens with one attached hydrogen (secondary N) is 1. The Labute approximate surface area is 106 Å². The van der Waals surface area contributed by atoms with E-state index in [1.165, 1.54) is 5.56 Å². The summed E-state index contributed by atoms with van der Waals surface area (Å²) in [6.45, 7) is 4.21. The molecule has 1 aliphatic heterocycles. The molecule has 1 N–H and O–H groups in total. The first kappa shape index (κ1) is 11.5. The number of H-pyrrole nitrogens is 1. The van der Waals surface area contributed by atoms with Crippen molar-refractivity contribution in [2.24, 2.45) is 0 Å². The van der Waals surface area contributed by atoms with Crippen LogP contribution in [-0.4, -0.2) is 30.0 Å². The topological polar surface area (TPSA) is 36.1 Å². The highest BCUT2D eigenvalue weighted by Crippen LogP contribution is 2.26. The molecule has 0 spiro atoms. The van der Waals surface area contributed by atoms with Crippen LogP contribution < -0.4 is 5.56 Å². The van der Waals surface area contributed by atoms with Gasteiger partial charge in [0.25, 0.3) is 5.56 Å². The maximum absolute atomic E-state index is 12.1. The van der Waals surface area contributed by atoms with Gasteiger partial charge in [0.15, 0.2) is 0 Å². The molecule has 1 aliphatic rings. The van der Waals surface area contributed by atoms with Crippen LogP contribution in [0.4, 0.5) is 0 Å². The van der Waals surface area contributed by atoms with Crippen molar-refractivity contribution >= 4 is 10.8 Å². The van der Waals surface area contributed by atoms with E-state index in [0.29, 0.717) is 5.92 Å². The minimum Gasteiger partial charge on any atom is -0.325 e. The zero-order valence-corrected chi connectivity index (χ0v) is 10.9. The van der Waals surface area contributed by atoms with Crippen LogP contribution in [0.2, 0.25) is 0 Å². The summed E-state index contributed by atoms with van der Waals surface area (Å²) < 4.78 is 0. The number of aromatic nitrogens is 1. The van der Waals surface area contributed by atoms with Gasteiger partial charge in [0, 0.05) is 23.5 Å². The Bertz CT molecular complexity index is 644. The highest BCUT2D eigenvalue weighted by molar-refractivity contribution is 5.85. The summed E-state index contributed by atoms with van der Waals surface area (Å²) >= 11 is 0. The van der Waals surface area contributed by atoms with Crippen molar-refractivity contribution in [1.82, 2.24) is 9.88 Å². The third-order valence-corrected chi connectivity index (χ3v) is 3.96. The van der Waals surface area contributed by atoms with Gasteiger partial charge in [0.05, 0.1) is 0 Å². The summed E-state index contributed by atoms with van der Waals surface area (Å²) in [6, 6.07) is 8.06. The molecule has 0 radical (unpaired) electrons. The number of fused-ring (bicyclic) bond motifs is 1. The molecule has 1 aromatic carbocycles. The van der Waals surface area contributed by atoms with Gasteiger partial charge in [-0.25, -0.2) is 0 Å². The number of benzene rings is 1. The predicted molar refractivity (Wildman–Crippen MR) is 74.2 cm³/mol. The normalized spacial score (nSPS) is 20.7. The molecule has 3 nitrogen and oxygen atoms in total. The molecule has 0 saturated carbocycles. The van der Waals surface area contributed by atoms with E-state index < -0.39 is 0 Å². The minimum atomic E-state index is 0.0424. The second kappa shape index (κ2) is 4.25. The van der Waals surface area contributed by atoms with Crippen LogP contribution in [0.3, 0.4) is 0 Å². The molecule has 2 aromatic rings. The van der Waals surface area contributed by atoms with Crippen molar-refractivity contribution in [2.45, 2.75) is 19.3 Å². The summed E-state index contributed by atoms with van der Waals surface area (Å²) in [6.07, 6.45) is 1.13. The number of hydrogen-bond acceptors (Lipinski definition) is 2. The maximum atomic E-state index is 12.1. The van der Waals surface area contributed by atoms with E-state index in [4.69, 9.17) is 0 Å². The molecule has 1 atom stereocenters. The van der Waals surface area contributed by atoms with Crippen molar-refractivity contribution in [3.8, 4) is 0 Å². The average molecular weight is 242 g/mol. The molecule has 1 fully saturated rings. The van der Waals surface area contributed by atoms with Crippen LogP contribution in [0.15, 0.2) is 29.1 Å². The van der Waals surface area contributed by atoms with Crippen molar-refractivity contribution in [3.63, 3.8) is 0 Å².